The average Bonchev–Trinajstić information content (AvgIpc) is 2.40. The van der Waals surface area contributed by atoms with Crippen LogP contribution >= 0.6 is 0 Å². The molecule has 0 aromatic heterocycles. The largest absolute Gasteiger partial charge is 0.507 e. The van der Waals surface area contributed by atoms with Crippen LogP contribution in [-0.4, -0.2) is 15.3 Å². The summed E-state index contributed by atoms with van der Waals surface area (Å²) in [5.41, 5.74) is 1.88. The molecule has 0 fully saturated rings. The molecular weight excluding hydrogens is 240 g/mol. The van der Waals surface area contributed by atoms with Crippen molar-refractivity contribution in [2.24, 2.45) is 0 Å². The van der Waals surface area contributed by atoms with Gasteiger partial charge in [-0.3, -0.25) is 0 Å². The normalized spacial score (nSPS) is 12.4. The summed E-state index contributed by atoms with van der Waals surface area (Å²) in [5, 5.41) is 30.8. The summed E-state index contributed by atoms with van der Waals surface area (Å²) in [6, 6.07) is 8.10. The van der Waals surface area contributed by atoms with Crippen LogP contribution in [0.25, 0.3) is 10.8 Å². The maximum atomic E-state index is 10.1. The van der Waals surface area contributed by atoms with Gasteiger partial charge in [0.1, 0.15) is 11.5 Å². The van der Waals surface area contributed by atoms with E-state index in [0.29, 0.717) is 17.2 Å². The molecule has 0 saturated heterocycles. The molecule has 19 heavy (non-hydrogen) atoms. The molecule has 3 N–H and O–H groups in total. The Hall–Kier alpha value is -2.00. The van der Waals surface area contributed by atoms with Gasteiger partial charge in [0.25, 0.3) is 0 Å². The minimum absolute atomic E-state index is 0.101. The SMILES string of the molecule is CC(C)=CCC(O)c1ccc2c(O)ccc(O)c2c1. The van der Waals surface area contributed by atoms with Crippen LogP contribution in [-0.2, 0) is 0 Å². The zero-order valence-electron chi connectivity index (χ0n) is 11.1. The van der Waals surface area contributed by atoms with Gasteiger partial charge >= 0.3 is 0 Å². The molecule has 1 atom stereocenters. The van der Waals surface area contributed by atoms with Crippen LogP contribution < -0.4 is 0 Å². The van der Waals surface area contributed by atoms with E-state index >= 15 is 0 Å². The Kier molecular flexibility index (Phi) is 3.76. The standard InChI is InChI=1S/C16H18O3/c1-10(2)3-6-14(17)11-4-5-12-13(9-11)16(19)8-7-15(12)18/h3-5,7-9,14,17-19H,6H2,1-2H3. The molecule has 0 aliphatic rings. The summed E-state index contributed by atoms with van der Waals surface area (Å²) < 4.78 is 0. The van der Waals surface area contributed by atoms with Crippen molar-refractivity contribution in [2.45, 2.75) is 26.4 Å². The Morgan fingerprint density at radius 1 is 1.05 bits per heavy atom. The summed E-state index contributed by atoms with van der Waals surface area (Å²) in [6.45, 7) is 3.97. The average molecular weight is 258 g/mol. The van der Waals surface area contributed by atoms with Crippen LogP contribution in [0.4, 0.5) is 0 Å². The lowest BCUT2D eigenvalue weighted by molar-refractivity contribution is 0.181. The Morgan fingerprint density at radius 2 is 1.68 bits per heavy atom. The maximum Gasteiger partial charge on any atom is 0.123 e. The molecule has 2 aromatic carbocycles. The summed E-state index contributed by atoms with van der Waals surface area (Å²) in [7, 11) is 0. The highest BCUT2D eigenvalue weighted by molar-refractivity contribution is 5.93. The molecule has 0 heterocycles. The molecule has 0 aliphatic carbocycles. The number of aliphatic hydroxyl groups excluding tert-OH is 1. The van der Waals surface area contributed by atoms with Crippen molar-refractivity contribution in [3.8, 4) is 11.5 Å². The molecule has 2 rings (SSSR count). The molecule has 100 valence electrons. The third-order valence-corrected chi connectivity index (χ3v) is 3.13. The molecular formula is C16H18O3. The van der Waals surface area contributed by atoms with Gasteiger partial charge in [0, 0.05) is 10.8 Å². The molecule has 0 radical (unpaired) electrons. The predicted molar refractivity (Wildman–Crippen MR) is 76.3 cm³/mol. The van der Waals surface area contributed by atoms with Gasteiger partial charge < -0.3 is 15.3 Å². The minimum Gasteiger partial charge on any atom is -0.507 e. The van der Waals surface area contributed by atoms with Crippen molar-refractivity contribution in [3.05, 3.63) is 47.5 Å². The van der Waals surface area contributed by atoms with Crippen molar-refractivity contribution in [2.75, 3.05) is 0 Å². The van der Waals surface area contributed by atoms with Crippen LogP contribution in [0.15, 0.2) is 42.0 Å². The van der Waals surface area contributed by atoms with Crippen LogP contribution in [0.2, 0.25) is 0 Å². The number of phenols is 2. The molecule has 2 aromatic rings. The van der Waals surface area contributed by atoms with Gasteiger partial charge in [-0.2, -0.15) is 0 Å². The van der Waals surface area contributed by atoms with Gasteiger partial charge in [-0.15, -0.1) is 0 Å². The van der Waals surface area contributed by atoms with Crippen molar-refractivity contribution in [1.29, 1.82) is 0 Å². The van der Waals surface area contributed by atoms with E-state index in [1.807, 2.05) is 19.9 Å². The Balaban J connectivity index is 2.41. The van der Waals surface area contributed by atoms with E-state index in [9.17, 15) is 15.3 Å². The Morgan fingerprint density at radius 3 is 2.32 bits per heavy atom. The molecule has 3 heteroatoms. The fourth-order valence-electron chi connectivity index (χ4n) is 2.03. The number of aliphatic hydroxyl groups is 1. The quantitative estimate of drug-likeness (QED) is 0.582. The number of rotatable bonds is 3. The lowest BCUT2D eigenvalue weighted by Crippen LogP contribution is -1.96. The first-order valence-electron chi connectivity index (χ1n) is 6.25. The minimum atomic E-state index is -0.610. The highest BCUT2D eigenvalue weighted by Crippen LogP contribution is 2.34. The number of hydrogen-bond acceptors (Lipinski definition) is 3. The maximum absolute atomic E-state index is 10.1. The number of phenolic OH excluding ortho intramolecular Hbond substituents is 2. The highest BCUT2D eigenvalue weighted by Gasteiger charge is 2.10. The van der Waals surface area contributed by atoms with Crippen LogP contribution in [0.5, 0.6) is 11.5 Å². The van der Waals surface area contributed by atoms with Crippen molar-refractivity contribution < 1.29 is 15.3 Å². The fraction of sp³-hybridized carbons (Fsp3) is 0.250. The van der Waals surface area contributed by atoms with E-state index in [0.717, 1.165) is 11.1 Å². The first-order chi connectivity index (χ1) is 8.99. The summed E-state index contributed by atoms with van der Waals surface area (Å²) in [6.07, 6.45) is 1.89. The third-order valence-electron chi connectivity index (χ3n) is 3.13. The first kappa shape index (κ1) is 13.4. The second-order valence-corrected chi connectivity index (χ2v) is 4.94. The second kappa shape index (κ2) is 5.33. The molecule has 0 bridgehead atoms. The summed E-state index contributed by atoms with van der Waals surface area (Å²) in [4.78, 5) is 0. The van der Waals surface area contributed by atoms with E-state index in [1.54, 1.807) is 18.2 Å². The van der Waals surface area contributed by atoms with Crippen molar-refractivity contribution in [3.63, 3.8) is 0 Å². The summed E-state index contributed by atoms with van der Waals surface area (Å²) >= 11 is 0. The van der Waals surface area contributed by atoms with Gasteiger partial charge in [0.2, 0.25) is 0 Å². The summed E-state index contributed by atoms with van der Waals surface area (Å²) in [5.74, 6) is 0.224. The van der Waals surface area contributed by atoms with Crippen LogP contribution in [0, 0.1) is 0 Å². The topological polar surface area (TPSA) is 60.7 Å². The number of fused-ring (bicyclic) bond motifs is 1. The first-order valence-corrected chi connectivity index (χ1v) is 6.25. The van der Waals surface area contributed by atoms with Crippen molar-refractivity contribution >= 4 is 10.8 Å². The number of hydrogen-bond donors (Lipinski definition) is 3. The third kappa shape index (κ3) is 2.88. The van der Waals surface area contributed by atoms with E-state index in [1.165, 1.54) is 12.1 Å². The second-order valence-electron chi connectivity index (χ2n) is 4.94. The zero-order valence-corrected chi connectivity index (χ0v) is 11.1. The highest BCUT2D eigenvalue weighted by atomic mass is 16.3. The molecule has 0 amide bonds. The van der Waals surface area contributed by atoms with Gasteiger partial charge in [-0.1, -0.05) is 23.8 Å². The number of allylic oxidation sites excluding steroid dienone is 1. The zero-order chi connectivity index (χ0) is 14.0. The molecule has 0 saturated carbocycles. The number of aromatic hydroxyl groups is 2. The van der Waals surface area contributed by atoms with Gasteiger partial charge in [0.05, 0.1) is 6.10 Å². The van der Waals surface area contributed by atoms with Gasteiger partial charge in [0.15, 0.2) is 0 Å². The molecule has 0 aliphatic heterocycles. The van der Waals surface area contributed by atoms with Crippen LogP contribution in [0.1, 0.15) is 31.9 Å². The van der Waals surface area contributed by atoms with Crippen molar-refractivity contribution in [1.82, 2.24) is 0 Å². The van der Waals surface area contributed by atoms with Gasteiger partial charge in [-0.05, 0) is 44.0 Å². The van der Waals surface area contributed by atoms with E-state index in [2.05, 4.69) is 0 Å². The molecule has 3 nitrogen and oxygen atoms in total. The Labute approximate surface area is 112 Å². The fourth-order valence-corrected chi connectivity index (χ4v) is 2.03. The van der Waals surface area contributed by atoms with E-state index in [-0.39, 0.29) is 11.5 Å². The predicted octanol–water partition coefficient (Wildman–Crippen LogP) is 3.64. The lowest BCUT2D eigenvalue weighted by Gasteiger charge is -2.11. The lowest BCUT2D eigenvalue weighted by atomic mass is 10.00. The monoisotopic (exact) mass is 258 g/mol. The number of benzene rings is 2. The van der Waals surface area contributed by atoms with E-state index < -0.39 is 6.10 Å². The molecule has 0 spiro atoms. The van der Waals surface area contributed by atoms with Gasteiger partial charge in [-0.25, -0.2) is 0 Å². The van der Waals surface area contributed by atoms with E-state index in [4.69, 9.17) is 0 Å². The molecule has 1 unspecified atom stereocenters. The smallest absolute Gasteiger partial charge is 0.123 e. The van der Waals surface area contributed by atoms with Crippen LogP contribution in [0.3, 0.4) is 0 Å². The Bertz CT molecular complexity index is 625.